The molecule has 2 aliphatic heterocycles. The summed E-state index contributed by atoms with van der Waals surface area (Å²) in [4.78, 5) is 0. The highest BCUT2D eigenvalue weighted by atomic mass is 15.4. The minimum absolute atomic E-state index is 0.0556. The summed E-state index contributed by atoms with van der Waals surface area (Å²) in [5.74, 6) is 0.696. The van der Waals surface area contributed by atoms with E-state index < -0.39 is 0 Å². The molecule has 3 unspecified atom stereocenters. The van der Waals surface area contributed by atoms with E-state index in [-0.39, 0.29) is 18.0 Å². The third kappa shape index (κ3) is 2.42. The van der Waals surface area contributed by atoms with Gasteiger partial charge in [0.25, 0.3) is 0 Å². The number of dihydropyridines is 1. The molecule has 0 radical (unpaired) electrons. The molecule has 0 amide bonds. The normalized spacial score (nSPS) is 29.3. The van der Waals surface area contributed by atoms with Crippen molar-refractivity contribution in [1.29, 1.82) is 5.41 Å². The molecular formula is C18H26N6. The number of hydrazone groups is 1. The maximum atomic E-state index is 7.79. The fourth-order valence-electron chi connectivity index (χ4n) is 3.90. The van der Waals surface area contributed by atoms with Crippen molar-refractivity contribution in [2.24, 2.45) is 22.5 Å². The Labute approximate surface area is 142 Å². The molecule has 0 bridgehead atoms. The zero-order valence-corrected chi connectivity index (χ0v) is 14.5. The van der Waals surface area contributed by atoms with Gasteiger partial charge in [-0.05, 0) is 43.1 Å². The second-order valence-electron chi connectivity index (χ2n) is 6.62. The van der Waals surface area contributed by atoms with E-state index in [1.807, 2.05) is 6.92 Å². The van der Waals surface area contributed by atoms with Crippen LogP contribution in [0.15, 0.2) is 50.9 Å². The van der Waals surface area contributed by atoms with Crippen LogP contribution in [0, 0.1) is 11.3 Å². The Morgan fingerprint density at radius 1 is 1.46 bits per heavy atom. The molecule has 2 heterocycles. The number of hydrogen-bond donors (Lipinski definition) is 5. The highest BCUT2D eigenvalue weighted by molar-refractivity contribution is 5.90. The van der Waals surface area contributed by atoms with Crippen LogP contribution in [-0.4, -0.2) is 24.1 Å². The lowest BCUT2D eigenvalue weighted by molar-refractivity contribution is 0.569. The van der Waals surface area contributed by atoms with Crippen LogP contribution in [-0.2, 0) is 0 Å². The van der Waals surface area contributed by atoms with E-state index in [1.165, 1.54) is 22.9 Å². The van der Waals surface area contributed by atoms with Crippen molar-refractivity contribution in [3.05, 3.63) is 45.8 Å². The first kappa shape index (κ1) is 16.4. The second-order valence-corrected chi connectivity index (χ2v) is 6.62. The summed E-state index contributed by atoms with van der Waals surface area (Å²) in [6.45, 7) is 6.17. The van der Waals surface area contributed by atoms with Crippen LogP contribution in [0.5, 0.6) is 0 Å². The minimum atomic E-state index is -0.0556. The van der Waals surface area contributed by atoms with Gasteiger partial charge in [-0.15, -0.1) is 0 Å². The Morgan fingerprint density at radius 2 is 2.21 bits per heavy atom. The fourth-order valence-corrected chi connectivity index (χ4v) is 3.90. The van der Waals surface area contributed by atoms with Crippen molar-refractivity contribution in [2.45, 2.75) is 45.7 Å². The third-order valence-electron chi connectivity index (χ3n) is 5.07. The molecule has 7 N–H and O–H groups in total. The zero-order chi connectivity index (χ0) is 17.4. The molecule has 0 saturated carbocycles. The van der Waals surface area contributed by atoms with Gasteiger partial charge in [-0.25, -0.2) is 0 Å². The van der Waals surface area contributed by atoms with Crippen LogP contribution >= 0.6 is 0 Å². The van der Waals surface area contributed by atoms with E-state index in [0.29, 0.717) is 11.5 Å². The number of fused-ring (bicyclic) bond motifs is 2. The van der Waals surface area contributed by atoms with Crippen LogP contribution in [0.2, 0.25) is 0 Å². The van der Waals surface area contributed by atoms with Gasteiger partial charge in [-0.3, -0.25) is 0 Å². The second kappa shape index (κ2) is 6.19. The molecule has 0 saturated heterocycles. The molecule has 1 aliphatic carbocycles. The van der Waals surface area contributed by atoms with Crippen molar-refractivity contribution >= 4 is 12.1 Å². The number of amidine groups is 1. The minimum Gasteiger partial charge on any atom is -0.402 e. The maximum absolute atomic E-state index is 7.79. The van der Waals surface area contributed by atoms with E-state index in [4.69, 9.17) is 16.9 Å². The summed E-state index contributed by atoms with van der Waals surface area (Å²) < 4.78 is 0. The first-order chi connectivity index (χ1) is 11.5. The SMILES string of the molecule is CCCC1=C(C)C2=C(C=CC3NN=C(N)C23)NC1C(C=N)=C(C)N. The molecule has 3 aliphatic rings. The number of hydrogen-bond acceptors (Lipinski definition) is 6. The highest BCUT2D eigenvalue weighted by Crippen LogP contribution is 2.40. The fraction of sp³-hybridized carbons (Fsp3) is 0.444. The Bertz CT molecular complexity index is 718. The lowest BCUT2D eigenvalue weighted by Crippen LogP contribution is -2.44. The van der Waals surface area contributed by atoms with Gasteiger partial charge in [0.05, 0.1) is 18.0 Å². The smallest absolute Gasteiger partial charge is 0.129 e. The molecule has 128 valence electrons. The van der Waals surface area contributed by atoms with Gasteiger partial charge in [0, 0.05) is 23.2 Å². The van der Waals surface area contributed by atoms with Crippen molar-refractivity contribution < 1.29 is 0 Å². The van der Waals surface area contributed by atoms with E-state index >= 15 is 0 Å². The highest BCUT2D eigenvalue weighted by Gasteiger charge is 2.40. The van der Waals surface area contributed by atoms with Crippen LogP contribution in [0.25, 0.3) is 0 Å². The summed E-state index contributed by atoms with van der Waals surface area (Å²) in [5, 5.41) is 15.6. The van der Waals surface area contributed by atoms with Crippen molar-refractivity contribution in [1.82, 2.24) is 10.7 Å². The molecule has 0 aromatic carbocycles. The predicted octanol–water partition coefficient (Wildman–Crippen LogP) is 1.64. The monoisotopic (exact) mass is 326 g/mol. The molecule has 3 atom stereocenters. The first-order valence-corrected chi connectivity index (χ1v) is 8.43. The van der Waals surface area contributed by atoms with Crippen molar-refractivity contribution in [2.75, 3.05) is 0 Å². The molecule has 24 heavy (non-hydrogen) atoms. The van der Waals surface area contributed by atoms with Crippen molar-refractivity contribution in [3.8, 4) is 0 Å². The van der Waals surface area contributed by atoms with Gasteiger partial charge in [-0.2, -0.15) is 5.10 Å². The van der Waals surface area contributed by atoms with Crippen LogP contribution in [0.1, 0.15) is 33.6 Å². The molecule has 6 heteroatoms. The average molecular weight is 326 g/mol. The predicted molar refractivity (Wildman–Crippen MR) is 98.4 cm³/mol. The van der Waals surface area contributed by atoms with E-state index in [2.05, 4.69) is 41.8 Å². The van der Waals surface area contributed by atoms with E-state index in [0.717, 1.165) is 24.1 Å². The molecule has 6 nitrogen and oxygen atoms in total. The van der Waals surface area contributed by atoms with Crippen LogP contribution < -0.4 is 22.2 Å². The summed E-state index contributed by atoms with van der Waals surface area (Å²) in [6.07, 6.45) is 7.54. The molecule has 3 rings (SSSR count). The lowest BCUT2D eigenvalue weighted by Gasteiger charge is -2.38. The Hall–Kier alpha value is -2.50. The largest absolute Gasteiger partial charge is 0.402 e. The van der Waals surface area contributed by atoms with Gasteiger partial charge in [-0.1, -0.05) is 19.4 Å². The third-order valence-corrected chi connectivity index (χ3v) is 5.07. The number of rotatable bonds is 4. The quantitative estimate of drug-likeness (QED) is 0.506. The van der Waals surface area contributed by atoms with Gasteiger partial charge in [0.15, 0.2) is 0 Å². The summed E-state index contributed by atoms with van der Waals surface area (Å²) in [6, 6.07) is 0.0637. The van der Waals surface area contributed by atoms with E-state index in [1.54, 1.807) is 0 Å². The average Bonchev–Trinajstić information content (AvgIpc) is 2.92. The zero-order valence-electron chi connectivity index (χ0n) is 14.5. The Balaban J connectivity index is 2.12. The van der Waals surface area contributed by atoms with E-state index in [9.17, 15) is 0 Å². The lowest BCUT2D eigenvalue weighted by atomic mass is 9.75. The van der Waals surface area contributed by atoms with Gasteiger partial charge in [0.1, 0.15) is 5.84 Å². The molecule has 0 aromatic rings. The molecule has 0 fully saturated rings. The first-order valence-electron chi connectivity index (χ1n) is 8.43. The van der Waals surface area contributed by atoms with Gasteiger partial charge >= 0.3 is 0 Å². The Morgan fingerprint density at radius 3 is 2.83 bits per heavy atom. The Kier molecular flexibility index (Phi) is 4.22. The van der Waals surface area contributed by atoms with Crippen LogP contribution in [0.4, 0.5) is 0 Å². The maximum Gasteiger partial charge on any atom is 0.129 e. The molecule has 0 spiro atoms. The van der Waals surface area contributed by atoms with Crippen molar-refractivity contribution in [3.63, 3.8) is 0 Å². The molecular weight excluding hydrogens is 300 g/mol. The topological polar surface area (TPSA) is 112 Å². The number of nitrogens with zero attached hydrogens (tertiary/aromatic N) is 1. The number of allylic oxidation sites excluding steroid dienone is 3. The van der Waals surface area contributed by atoms with Gasteiger partial charge in [0.2, 0.25) is 0 Å². The molecule has 0 aromatic heterocycles. The number of nitrogens with one attached hydrogen (secondary N) is 3. The summed E-state index contributed by atoms with van der Waals surface area (Å²) in [7, 11) is 0. The standard InChI is InChI=1S/C18H26N6/c1-4-5-11-9(2)15-13(22-17(11)12(8-19)10(3)20)6-7-14-16(15)18(21)24-23-14/h6-8,14,16-17,19,22-23H,4-5,20H2,1-3H3,(H2,21,24). The number of nitrogens with two attached hydrogens (primary N) is 2. The van der Waals surface area contributed by atoms with Gasteiger partial charge < -0.3 is 27.6 Å². The van der Waals surface area contributed by atoms with Crippen LogP contribution in [0.3, 0.4) is 0 Å². The summed E-state index contributed by atoms with van der Waals surface area (Å²) in [5.41, 5.74) is 21.6. The summed E-state index contributed by atoms with van der Waals surface area (Å²) >= 11 is 0.